The Morgan fingerprint density at radius 1 is 1.67 bits per heavy atom. The molecule has 2 rings (SSSR count). The van der Waals surface area contributed by atoms with E-state index >= 15 is 0 Å². The fraction of sp³-hybridized carbons (Fsp3) is 0.571. The molecule has 0 N–H and O–H groups in total. The first-order valence-electron chi connectivity index (χ1n) is 3.34. The van der Waals surface area contributed by atoms with Gasteiger partial charge in [0.05, 0.1) is 6.04 Å². The molecule has 1 atom stereocenters. The minimum Gasteiger partial charge on any atom is -0.333 e. The second-order valence-corrected chi connectivity index (χ2v) is 2.58. The summed E-state index contributed by atoms with van der Waals surface area (Å²) in [5, 5.41) is 0. The summed E-state index contributed by atoms with van der Waals surface area (Å²) in [5.74, 6) is 0.324. The molecule has 2 heterocycles. The van der Waals surface area contributed by atoms with Crippen molar-refractivity contribution in [3.8, 4) is 0 Å². The van der Waals surface area contributed by atoms with Crippen molar-refractivity contribution in [1.29, 1.82) is 0 Å². The van der Waals surface area contributed by atoms with Gasteiger partial charge in [-0.3, -0.25) is 4.79 Å². The molecular formula is C7H9NO. The predicted molar refractivity (Wildman–Crippen MR) is 33.9 cm³/mol. The predicted octanol–water partition coefficient (Wildman–Crippen LogP) is 0.547. The van der Waals surface area contributed by atoms with Crippen LogP contribution < -0.4 is 0 Å². The number of hydrogen-bond acceptors (Lipinski definition) is 1. The van der Waals surface area contributed by atoms with Crippen LogP contribution in [-0.4, -0.2) is 23.4 Å². The fourth-order valence-corrected chi connectivity index (χ4v) is 1.52. The third-order valence-corrected chi connectivity index (χ3v) is 2.03. The SMILES string of the molecule is O=C1CCC2C=CCN12. The van der Waals surface area contributed by atoms with Gasteiger partial charge in [-0.1, -0.05) is 12.2 Å². The van der Waals surface area contributed by atoms with E-state index < -0.39 is 0 Å². The smallest absolute Gasteiger partial charge is 0.223 e. The van der Waals surface area contributed by atoms with Crippen molar-refractivity contribution in [3.05, 3.63) is 12.2 Å². The summed E-state index contributed by atoms with van der Waals surface area (Å²) in [6.45, 7) is 0.851. The minimum absolute atomic E-state index is 0.324. The summed E-state index contributed by atoms with van der Waals surface area (Å²) in [4.78, 5) is 12.9. The highest BCUT2D eigenvalue weighted by Gasteiger charge is 2.30. The van der Waals surface area contributed by atoms with Crippen molar-refractivity contribution in [2.24, 2.45) is 0 Å². The first-order valence-corrected chi connectivity index (χ1v) is 3.34. The molecule has 48 valence electrons. The van der Waals surface area contributed by atoms with Crippen molar-refractivity contribution in [2.45, 2.75) is 18.9 Å². The highest BCUT2D eigenvalue weighted by Crippen LogP contribution is 2.22. The van der Waals surface area contributed by atoms with Crippen LogP contribution in [0.15, 0.2) is 12.2 Å². The largest absolute Gasteiger partial charge is 0.333 e. The summed E-state index contributed by atoms with van der Waals surface area (Å²) in [7, 11) is 0. The lowest BCUT2D eigenvalue weighted by molar-refractivity contribution is -0.127. The Morgan fingerprint density at radius 2 is 2.56 bits per heavy atom. The molecule has 0 aromatic heterocycles. The van der Waals surface area contributed by atoms with E-state index in [0.717, 1.165) is 19.4 Å². The van der Waals surface area contributed by atoms with Crippen LogP contribution in [-0.2, 0) is 4.79 Å². The summed E-state index contributed by atoms with van der Waals surface area (Å²) < 4.78 is 0. The van der Waals surface area contributed by atoms with E-state index in [4.69, 9.17) is 0 Å². The van der Waals surface area contributed by atoms with Gasteiger partial charge in [-0.15, -0.1) is 0 Å². The highest BCUT2D eigenvalue weighted by atomic mass is 16.2. The van der Waals surface area contributed by atoms with Crippen molar-refractivity contribution in [2.75, 3.05) is 6.54 Å². The number of hydrogen-bond donors (Lipinski definition) is 0. The minimum atomic E-state index is 0.324. The number of carbonyl (C=O) groups is 1. The van der Waals surface area contributed by atoms with Crippen LogP contribution in [0.2, 0.25) is 0 Å². The quantitative estimate of drug-likeness (QED) is 0.431. The Balaban J connectivity index is 2.22. The lowest BCUT2D eigenvalue weighted by Gasteiger charge is -2.13. The van der Waals surface area contributed by atoms with Crippen LogP contribution in [0.4, 0.5) is 0 Å². The molecule has 1 saturated heterocycles. The normalized spacial score (nSPS) is 31.8. The van der Waals surface area contributed by atoms with Gasteiger partial charge in [-0.2, -0.15) is 0 Å². The molecule has 0 bridgehead atoms. The standard InChI is InChI=1S/C7H9NO/c9-7-4-3-6-2-1-5-8(6)7/h1-2,6H,3-5H2. The second-order valence-electron chi connectivity index (χ2n) is 2.58. The van der Waals surface area contributed by atoms with Crippen LogP contribution in [0.3, 0.4) is 0 Å². The number of amides is 1. The second kappa shape index (κ2) is 1.59. The maximum absolute atomic E-state index is 10.9. The average Bonchev–Trinajstić information content (AvgIpc) is 2.35. The Morgan fingerprint density at radius 3 is 3.33 bits per heavy atom. The Labute approximate surface area is 54.1 Å². The van der Waals surface area contributed by atoms with Gasteiger partial charge in [0, 0.05) is 13.0 Å². The van der Waals surface area contributed by atoms with E-state index in [9.17, 15) is 4.79 Å². The zero-order chi connectivity index (χ0) is 6.27. The Kier molecular flexibility index (Phi) is 0.891. The van der Waals surface area contributed by atoms with Crippen molar-refractivity contribution in [1.82, 2.24) is 4.90 Å². The molecule has 1 amide bonds. The lowest BCUT2D eigenvalue weighted by atomic mass is 10.2. The molecule has 0 saturated carbocycles. The summed E-state index contributed by atoms with van der Waals surface area (Å²) in [5.41, 5.74) is 0. The Bertz CT molecular complexity index is 174. The first-order chi connectivity index (χ1) is 4.38. The number of fused-ring (bicyclic) bond motifs is 1. The van der Waals surface area contributed by atoms with Crippen molar-refractivity contribution < 1.29 is 4.79 Å². The van der Waals surface area contributed by atoms with Gasteiger partial charge in [0.25, 0.3) is 0 Å². The molecule has 0 aromatic rings. The van der Waals surface area contributed by atoms with Crippen LogP contribution >= 0.6 is 0 Å². The molecule has 1 fully saturated rings. The van der Waals surface area contributed by atoms with E-state index in [1.165, 1.54) is 0 Å². The average molecular weight is 123 g/mol. The molecule has 2 aliphatic heterocycles. The summed E-state index contributed by atoms with van der Waals surface area (Å²) in [6.07, 6.45) is 6.00. The van der Waals surface area contributed by atoms with Gasteiger partial charge in [-0.25, -0.2) is 0 Å². The zero-order valence-corrected chi connectivity index (χ0v) is 5.21. The van der Waals surface area contributed by atoms with Gasteiger partial charge in [0.1, 0.15) is 0 Å². The van der Waals surface area contributed by atoms with E-state index in [2.05, 4.69) is 12.2 Å². The summed E-state index contributed by atoms with van der Waals surface area (Å²) in [6, 6.07) is 0.456. The van der Waals surface area contributed by atoms with Gasteiger partial charge >= 0.3 is 0 Å². The maximum atomic E-state index is 10.9. The van der Waals surface area contributed by atoms with E-state index in [0.29, 0.717) is 11.9 Å². The van der Waals surface area contributed by atoms with Crippen molar-refractivity contribution in [3.63, 3.8) is 0 Å². The number of nitrogens with zero attached hydrogens (tertiary/aromatic N) is 1. The fourth-order valence-electron chi connectivity index (χ4n) is 1.52. The lowest BCUT2D eigenvalue weighted by Crippen LogP contribution is -2.27. The molecule has 0 aliphatic carbocycles. The maximum Gasteiger partial charge on any atom is 0.223 e. The molecule has 2 nitrogen and oxygen atoms in total. The van der Waals surface area contributed by atoms with Crippen LogP contribution in [0.25, 0.3) is 0 Å². The monoisotopic (exact) mass is 123 g/mol. The van der Waals surface area contributed by atoms with Crippen molar-refractivity contribution >= 4 is 5.91 Å². The topological polar surface area (TPSA) is 20.3 Å². The molecule has 2 aliphatic rings. The van der Waals surface area contributed by atoms with Crippen LogP contribution in [0.1, 0.15) is 12.8 Å². The molecule has 0 aromatic carbocycles. The third kappa shape index (κ3) is 0.590. The number of carbonyl (C=O) groups excluding carboxylic acids is 1. The molecule has 0 spiro atoms. The first kappa shape index (κ1) is 5.03. The van der Waals surface area contributed by atoms with Gasteiger partial charge in [-0.05, 0) is 6.42 Å². The van der Waals surface area contributed by atoms with Crippen LogP contribution in [0.5, 0.6) is 0 Å². The van der Waals surface area contributed by atoms with E-state index in [1.54, 1.807) is 0 Å². The highest BCUT2D eigenvalue weighted by molar-refractivity contribution is 5.79. The molecule has 2 heteroatoms. The molecular weight excluding hydrogens is 114 g/mol. The molecule has 9 heavy (non-hydrogen) atoms. The summed E-state index contributed by atoms with van der Waals surface area (Å²) >= 11 is 0. The molecule has 1 unspecified atom stereocenters. The van der Waals surface area contributed by atoms with Gasteiger partial charge < -0.3 is 4.90 Å². The van der Waals surface area contributed by atoms with E-state index in [1.807, 2.05) is 4.90 Å². The van der Waals surface area contributed by atoms with E-state index in [-0.39, 0.29) is 0 Å². The Hall–Kier alpha value is -0.790. The molecule has 0 radical (unpaired) electrons. The van der Waals surface area contributed by atoms with Gasteiger partial charge in [0.15, 0.2) is 0 Å². The van der Waals surface area contributed by atoms with Crippen LogP contribution in [0, 0.1) is 0 Å². The number of rotatable bonds is 0. The third-order valence-electron chi connectivity index (χ3n) is 2.03. The zero-order valence-electron chi connectivity index (χ0n) is 5.21. The van der Waals surface area contributed by atoms with Gasteiger partial charge in [0.2, 0.25) is 5.91 Å².